The van der Waals surface area contributed by atoms with Gasteiger partial charge < -0.3 is 10.3 Å². The van der Waals surface area contributed by atoms with E-state index in [4.69, 9.17) is 0 Å². The van der Waals surface area contributed by atoms with Crippen molar-refractivity contribution in [3.8, 4) is 0 Å². The Labute approximate surface area is 123 Å². The van der Waals surface area contributed by atoms with Crippen LogP contribution in [0, 0.1) is 5.92 Å². The molecule has 0 aliphatic heterocycles. The van der Waals surface area contributed by atoms with Crippen molar-refractivity contribution in [1.29, 1.82) is 0 Å². The van der Waals surface area contributed by atoms with Gasteiger partial charge in [0.25, 0.3) is 0 Å². The molecule has 108 valence electrons. The van der Waals surface area contributed by atoms with Gasteiger partial charge in [-0.05, 0) is 37.5 Å². The first-order chi connectivity index (χ1) is 9.88. The van der Waals surface area contributed by atoms with Crippen LogP contribution in [-0.2, 0) is 0 Å². The standard InChI is InChI=1S/C14H21N5S/c1-2-15-11-5-3-4-10(11)6-7-20-14-12-13(17-8-16-12)18-9-19-14/h8-11,15H,2-7H2,1H3,(H,16,17,18,19). The van der Waals surface area contributed by atoms with Crippen molar-refractivity contribution >= 4 is 22.9 Å². The van der Waals surface area contributed by atoms with Crippen molar-refractivity contribution in [3.63, 3.8) is 0 Å². The van der Waals surface area contributed by atoms with Crippen LogP contribution in [0.4, 0.5) is 0 Å². The fourth-order valence-corrected chi connectivity index (χ4v) is 4.10. The number of aromatic amines is 1. The first-order valence-corrected chi connectivity index (χ1v) is 8.37. The highest BCUT2D eigenvalue weighted by atomic mass is 32.2. The first kappa shape index (κ1) is 13.8. The van der Waals surface area contributed by atoms with Crippen molar-refractivity contribution in [1.82, 2.24) is 25.3 Å². The molecular weight excluding hydrogens is 270 g/mol. The number of hydrogen-bond acceptors (Lipinski definition) is 5. The molecule has 2 heterocycles. The highest BCUT2D eigenvalue weighted by Crippen LogP contribution is 2.31. The Balaban J connectivity index is 1.56. The third-order valence-electron chi connectivity index (χ3n) is 4.04. The lowest BCUT2D eigenvalue weighted by Gasteiger charge is -2.19. The van der Waals surface area contributed by atoms with Crippen LogP contribution < -0.4 is 5.32 Å². The van der Waals surface area contributed by atoms with Crippen molar-refractivity contribution < 1.29 is 0 Å². The fraction of sp³-hybridized carbons (Fsp3) is 0.643. The molecule has 1 aliphatic rings. The largest absolute Gasteiger partial charge is 0.341 e. The molecule has 0 radical (unpaired) electrons. The van der Waals surface area contributed by atoms with Gasteiger partial charge in [-0.25, -0.2) is 15.0 Å². The van der Waals surface area contributed by atoms with Crippen LogP contribution in [0.25, 0.3) is 11.2 Å². The molecule has 5 nitrogen and oxygen atoms in total. The Hall–Kier alpha value is -1.14. The number of aromatic nitrogens is 4. The summed E-state index contributed by atoms with van der Waals surface area (Å²) in [5, 5.41) is 4.64. The third-order valence-corrected chi connectivity index (χ3v) is 5.06. The van der Waals surface area contributed by atoms with E-state index in [9.17, 15) is 0 Å². The quantitative estimate of drug-likeness (QED) is 0.632. The number of nitrogens with zero attached hydrogens (tertiary/aromatic N) is 3. The van der Waals surface area contributed by atoms with E-state index in [1.165, 1.54) is 25.7 Å². The minimum Gasteiger partial charge on any atom is -0.341 e. The average molecular weight is 291 g/mol. The van der Waals surface area contributed by atoms with Crippen LogP contribution in [0.2, 0.25) is 0 Å². The Morgan fingerprint density at radius 3 is 3.20 bits per heavy atom. The monoisotopic (exact) mass is 291 g/mol. The van der Waals surface area contributed by atoms with Gasteiger partial charge in [-0.2, -0.15) is 0 Å². The van der Waals surface area contributed by atoms with Crippen molar-refractivity contribution in [2.45, 2.75) is 43.7 Å². The molecule has 6 heteroatoms. The number of hydrogen-bond donors (Lipinski definition) is 2. The molecule has 0 aromatic carbocycles. The molecule has 1 aliphatic carbocycles. The van der Waals surface area contributed by atoms with Crippen LogP contribution in [0.15, 0.2) is 17.7 Å². The highest BCUT2D eigenvalue weighted by Gasteiger charge is 2.25. The molecule has 0 saturated heterocycles. The van der Waals surface area contributed by atoms with Crippen LogP contribution in [0.1, 0.15) is 32.6 Å². The molecule has 2 N–H and O–H groups in total. The summed E-state index contributed by atoms with van der Waals surface area (Å²) in [6, 6.07) is 0.721. The summed E-state index contributed by atoms with van der Waals surface area (Å²) in [6.07, 6.45) is 8.60. The summed E-state index contributed by atoms with van der Waals surface area (Å²) in [6.45, 7) is 3.27. The second-order valence-electron chi connectivity index (χ2n) is 5.27. The summed E-state index contributed by atoms with van der Waals surface area (Å²) in [4.78, 5) is 15.8. The van der Waals surface area contributed by atoms with Crippen molar-refractivity contribution in [2.75, 3.05) is 12.3 Å². The Kier molecular flexibility index (Phi) is 4.52. The molecule has 2 aromatic rings. The number of fused-ring (bicyclic) bond motifs is 1. The zero-order valence-corrected chi connectivity index (χ0v) is 12.6. The minimum absolute atomic E-state index is 0.721. The van der Waals surface area contributed by atoms with Gasteiger partial charge in [0.05, 0.1) is 6.33 Å². The van der Waals surface area contributed by atoms with E-state index in [0.717, 1.165) is 40.4 Å². The minimum atomic E-state index is 0.721. The average Bonchev–Trinajstić information content (AvgIpc) is 3.09. The van der Waals surface area contributed by atoms with Crippen LogP contribution in [0.3, 0.4) is 0 Å². The van der Waals surface area contributed by atoms with Crippen LogP contribution in [0.5, 0.6) is 0 Å². The van der Waals surface area contributed by atoms with Gasteiger partial charge >= 0.3 is 0 Å². The molecule has 2 unspecified atom stereocenters. The van der Waals surface area contributed by atoms with E-state index in [-0.39, 0.29) is 0 Å². The van der Waals surface area contributed by atoms with E-state index in [0.29, 0.717) is 0 Å². The Morgan fingerprint density at radius 2 is 2.30 bits per heavy atom. The summed E-state index contributed by atoms with van der Waals surface area (Å²) in [5.74, 6) is 1.93. The Morgan fingerprint density at radius 1 is 1.35 bits per heavy atom. The Bertz CT molecular complexity index is 555. The van der Waals surface area contributed by atoms with E-state index in [1.54, 1.807) is 12.7 Å². The zero-order chi connectivity index (χ0) is 13.8. The van der Waals surface area contributed by atoms with Gasteiger partial charge in [0, 0.05) is 6.04 Å². The number of nitrogens with one attached hydrogen (secondary N) is 2. The maximum atomic E-state index is 4.36. The van der Waals surface area contributed by atoms with Crippen LogP contribution >= 0.6 is 11.8 Å². The summed E-state index contributed by atoms with van der Waals surface area (Å²) in [7, 11) is 0. The molecule has 20 heavy (non-hydrogen) atoms. The van der Waals surface area contributed by atoms with E-state index in [2.05, 4.69) is 32.2 Å². The number of imidazole rings is 1. The van der Waals surface area contributed by atoms with Gasteiger partial charge in [0.15, 0.2) is 5.65 Å². The van der Waals surface area contributed by atoms with Crippen molar-refractivity contribution in [3.05, 3.63) is 12.7 Å². The fourth-order valence-electron chi connectivity index (χ4n) is 3.07. The molecule has 0 bridgehead atoms. The van der Waals surface area contributed by atoms with Gasteiger partial charge in [-0.3, -0.25) is 0 Å². The molecule has 1 fully saturated rings. The smallest absolute Gasteiger partial charge is 0.181 e. The molecule has 0 spiro atoms. The maximum Gasteiger partial charge on any atom is 0.181 e. The van der Waals surface area contributed by atoms with E-state index in [1.807, 2.05) is 11.8 Å². The van der Waals surface area contributed by atoms with Gasteiger partial charge in [-0.1, -0.05) is 13.3 Å². The van der Waals surface area contributed by atoms with Crippen LogP contribution in [-0.4, -0.2) is 38.3 Å². The van der Waals surface area contributed by atoms with Gasteiger partial charge in [0.2, 0.25) is 0 Å². The topological polar surface area (TPSA) is 66.5 Å². The second-order valence-corrected chi connectivity index (χ2v) is 6.36. The maximum absolute atomic E-state index is 4.36. The predicted molar refractivity (Wildman–Crippen MR) is 81.8 cm³/mol. The normalized spacial score (nSPS) is 22.6. The molecule has 0 amide bonds. The SMILES string of the molecule is CCNC1CCCC1CCSc1ncnc2nc[nH]c12. The second kappa shape index (κ2) is 6.54. The van der Waals surface area contributed by atoms with Crippen molar-refractivity contribution in [2.24, 2.45) is 5.92 Å². The lowest BCUT2D eigenvalue weighted by molar-refractivity contribution is 0.400. The van der Waals surface area contributed by atoms with E-state index >= 15 is 0 Å². The number of rotatable bonds is 6. The number of H-pyrrole nitrogens is 1. The summed E-state index contributed by atoms with van der Waals surface area (Å²) < 4.78 is 0. The molecule has 2 atom stereocenters. The molecule has 3 rings (SSSR count). The summed E-state index contributed by atoms with van der Waals surface area (Å²) >= 11 is 1.81. The zero-order valence-electron chi connectivity index (χ0n) is 11.8. The number of thioether (sulfide) groups is 1. The highest BCUT2D eigenvalue weighted by molar-refractivity contribution is 7.99. The molecule has 1 saturated carbocycles. The first-order valence-electron chi connectivity index (χ1n) is 7.38. The lowest BCUT2D eigenvalue weighted by Crippen LogP contribution is -2.32. The van der Waals surface area contributed by atoms with Gasteiger partial charge in [0.1, 0.15) is 16.9 Å². The molecule has 2 aromatic heterocycles. The van der Waals surface area contributed by atoms with Gasteiger partial charge in [-0.15, -0.1) is 11.8 Å². The molecular formula is C14H21N5S. The van der Waals surface area contributed by atoms with E-state index < -0.39 is 0 Å². The third kappa shape index (κ3) is 2.96. The summed E-state index contributed by atoms with van der Waals surface area (Å²) in [5.41, 5.74) is 1.72. The predicted octanol–water partition coefficient (Wildman–Crippen LogP) is 2.61. The lowest BCUT2D eigenvalue weighted by atomic mass is 10.0.